The van der Waals surface area contributed by atoms with Crippen molar-refractivity contribution in [3.8, 4) is 5.75 Å². The van der Waals surface area contributed by atoms with E-state index < -0.39 is 0 Å². The molecule has 0 saturated carbocycles. The molecular weight excluding hydrogens is 287 g/mol. The molecule has 1 fully saturated rings. The fourth-order valence-corrected chi connectivity index (χ4v) is 2.52. The predicted octanol–water partition coefficient (Wildman–Crippen LogP) is 3.84. The first-order chi connectivity index (χ1) is 9.22. The van der Waals surface area contributed by atoms with E-state index in [1.54, 1.807) is 0 Å². The van der Waals surface area contributed by atoms with Crippen LogP contribution in [0, 0.1) is 0 Å². The van der Waals surface area contributed by atoms with Gasteiger partial charge in [-0.2, -0.15) is 0 Å². The minimum Gasteiger partial charge on any atom is -0.465 e. The Bertz CT molecular complexity index is 600. The summed E-state index contributed by atoms with van der Waals surface area (Å²) < 4.78 is 11.3. The summed E-state index contributed by atoms with van der Waals surface area (Å²) in [6.07, 6.45) is 2.94. The van der Waals surface area contributed by atoms with Gasteiger partial charge in [0, 0.05) is 11.8 Å². The van der Waals surface area contributed by atoms with E-state index in [-0.39, 0.29) is 11.6 Å². The maximum Gasteiger partial charge on any atom is 0.224 e. The van der Waals surface area contributed by atoms with Gasteiger partial charge in [-0.3, -0.25) is 0 Å². The molecule has 3 rings (SSSR count). The Hall–Kier alpha value is -1.10. The Morgan fingerprint density at radius 1 is 1.21 bits per heavy atom. The molecule has 0 N–H and O–H groups in total. The molecule has 1 unspecified atom stereocenters. The van der Waals surface area contributed by atoms with Gasteiger partial charge in [-0.25, -0.2) is 9.97 Å². The molecule has 1 aliphatic rings. The Balaban J connectivity index is 1.88. The summed E-state index contributed by atoms with van der Waals surface area (Å²) in [5.74, 6) is 0.701. The lowest BCUT2D eigenvalue weighted by atomic mass is 10.2. The van der Waals surface area contributed by atoms with Crippen LogP contribution >= 0.6 is 23.2 Å². The molecule has 1 aromatic carbocycles. The molecule has 0 radical (unpaired) electrons. The first kappa shape index (κ1) is 12.9. The van der Waals surface area contributed by atoms with E-state index in [0.29, 0.717) is 16.4 Å². The van der Waals surface area contributed by atoms with Crippen LogP contribution in [0.1, 0.15) is 19.3 Å². The van der Waals surface area contributed by atoms with E-state index in [2.05, 4.69) is 9.97 Å². The third-order valence-corrected chi connectivity index (χ3v) is 3.46. The molecule has 19 heavy (non-hydrogen) atoms. The molecule has 0 bridgehead atoms. The third kappa shape index (κ3) is 2.91. The summed E-state index contributed by atoms with van der Waals surface area (Å²) in [5, 5.41) is 1.19. The summed E-state index contributed by atoms with van der Waals surface area (Å²) in [4.78, 5) is 8.03. The van der Waals surface area contributed by atoms with Crippen molar-refractivity contribution < 1.29 is 9.47 Å². The van der Waals surface area contributed by atoms with Crippen LogP contribution in [0.3, 0.4) is 0 Å². The number of aromatic nitrogens is 2. The molecule has 1 saturated heterocycles. The molecule has 2 heterocycles. The van der Waals surface area contributed by atoms with Crippen LogP contribution in [0.25, 0.3) is 10.9 Å². The summed E-state index contributed by atoms with van der Waals surface area (Å²) in [5.41, 5.74) is 0.696. The van der Waals surface area contributed by atoms with Crippen LogP contribution in [0.2, 0.25) is 10.4 Å². The normalized spacial score (nSPS) is 19.6. The SMILES string of the molecule is Clc1nc(Cl)c2cc(OC3CCCCO3)ccc2n1. The van der Waals surface area contributed by atoms with Crippen LogP contribution in [0.5, 0.6) is 5.75 Å². The molecule has 0 spiro atoms. The van der Waals surface area contributed by atoms with Gasteiger partial charge in [-0.05, 0) is 42.6 Å². The van der Waals surface area contributed by atoms with Crippen LogP contribution < -0.4 is 4.74 Å². The Morgan fingerprint density at radius 3 is 2.89 bits per heavy atom. The van der Waals surface area contributed by atoms with Gasteiger partial charge >= 0.3 is 0 Å². The maximum atomic E-state index is 6.05. The quantitative estimate of drug-likeness (QED) is 0.624. The number of fused-ring (bicyclic) bond motifs is 1. The van der Waals surface area contributed by atoms with Crippen molar-refractivity contribution >= 4 is 34.1 Å². The van der Waals surface area contributed by atoms with Crippen molar-refractivity contribution in [3.05, 3.63) is 28.6 Å². The largest absolute Gasteiger partial charge is 0.465 e. The minimum atomic E-state index is -0.182. The molecule has 1 aliphatic heterocycles. The molecule has 6 heteroatoms. The fraction of sp³-hybridized carbons (Fsp3) is 0.385. The van der Waals surface area contributed by atoms with Gasteiger partial charge in [-0.1, -0.05) is 11.6 Å². The lowest BCUT2D eigenvalue weighted by Crippen LogP contribution is -2.24. The van der Waals surface area contributed by atoms with E-state index in [4.69, 9.17) is 32.7 Å². The van der Waals surface area contributed by atoms with Crippen LogP contribution in [-0.2, 0) is 4.74 Å². The molecule has 0 amide bonds. The summed E-state index contributed by atoms with van der Waals surface area (Å²) in [6.45, 7) is 0.748. The number of nitrogens with zero attached hydrogens (tertiary/aromatic N) is 2. The molecule has 1 atom stereocenters. The topological polar surface area (TPSA) is 44.2 Å². The van der Waals surface area contributed by atoms with Gasteiger partial charge in [-0.15, -0.1) is 0 Å². The molecular formula is C13H12Cl2N2O2. The number of hydrogen-bond acceptors (Lipinski definition) is 4. The highest BCUT2D eigenvalue weighted by molar-refractivity contribution is 6.35. The summed E-state index contributed by atoms with van der Waals surface area (Å²) in [6, 6.07) is 5.46. The number of rotatable bonds is 2. The van der Waals surface area contributed by atoms with Gasteiger partial charge in [0.05, 0.1) is 12.1 Å². The predicted molar refractivity (Wildman–Crippen MR) is 73.8 cm³/mol. The highest BCUT2D eigenvalue weighted by Crippen LogP contribution is 2.27. The van der Waals surface area contributed by atoms with E-state index in [9.17, 15) is 0 Å². The Morgan fingerprint density at radius 2 is 2.11 bits per heavy atom. The lowest BCUT2D eigenvalue weighted by Gasteiger charge is -2.23. The monoisotopic (exact) mass is 298 g/mol. The zero-order valence-electron chi connectivity index (χ0n) is 10.1. The highest BCUT2D eigenvalue weighted by Gasteiger charge is 2.15. The molecule has 1 aromatic heterocycles. The van der Waals surface area contributed by atoms with Crippen molar-refractivity contribution in [1.82, 2.24) is 9.97 Å². The van der Waals surface area contributed by atoms with Crippen molar-refractivity contribution in [1.29, 1.82) is 0 Å². The zero-order chi connectivity index (χ0) is 13.2. The number of hydrogen-bond donors (Lipinski definition) is 0. The van der Waals surface area contributed by atoms with E-state index in [1.165, 1.54) is 0 Å². The van der Waals surface area contributed by atoms with Crippen LogP contribution in [0.4, 0.5) is 0 Å². The first-order valence-electron chi connectivity index (χ1n) is 6.13. The van der Waals surface area contributed by atoms with Crippen molar-refractivity contribution in [2.75, 3.05) is 6.61 Å². The van der Waals surface area contributed by atoms with E-state index in [1.807, 2.05) is 18.2 Å². The average Bonchev–Trinajstić information content (AvgIpc) is 2.40. The number of ether oxygens (including phenoxy) is 2. The Kier molecular flexibility index (Phi) is 3.73. The number of halogens is 2. The first-order valence-corrected chi connectivity index (χ1v) is 6.89. The van der Waals surface area contributed by atoms with E-state index in [0.717, 1.165) is 31.3 Å². The van der Waals surface area contributed by atoms with Crippen molar-refractivity contribution in [3.63, 3.8) is 0 Å². The van der Waals surface area contributed by atoms with Crippen LogP contribution in [0.15, 0.2) is 18.2 Å². The number of benzene rings is 1. The molecule has 2 aromatic rings. The van der Waals surface area contributed by atoms with Gasteiger partial charge in [0.2, 0.25) is 5.28 Å². The Labute approximate surface area is 120 Å². The molecule has 100 valence electrons. The van der Waals surface area contributed by atoms with Gasteiger partial charge < -0.3 is 9.47 Å². The third-order valence-electron chi connectivity index (χ3n) is 3.00. The van der Waals surface area contributed by atoms with Gasteiger partial charge in [0.1, 0.15) is 10.9 Å². The maximum absolute atomic E-state index is 6.05. The van der Waals surface area contributed by atoms with Crippen LogP contribution in [-0.4, -0.2) is 22.9 Å². The van der Waals surface area contributed by atoms with Gasteiger partial charge in [0.15, 0.2) is 6.29 Å². The standard InChI is InChI=1S/C13H12Cl2N2O2/c14-12-9-7-8(19-11-3-1-2-6-18-11)4-5-10(9)16-13(15)17-12/h4-5,7,11H,1-3,6H2. The lowest BCUT2D eigenvalue weighted by molar-refractivity contribution is -0.105. The second-order valence-corrected chi connectivity index (χ2v) is 5.07. The second kappa shape index (κ2) is 5.49. The smallest absolute Gasteiger partial charge is 0.224 e. The average molecular weight is 299 g/mol. The molecule has 0 aliphatic carbocycles. The minimum absolute atomic E-state index is 0.141. The second-order valence-electron chi connectivity index (χ2n) is 4.38. The summed E-state index contributed by atoms with van der Waals surface area (Å²) >= 11 is 11.8. The zero-order valence-corrected chi connectivity index (χ0v) is 11.6. The van der Waals surface area contributed by atoms with E-state index >= 15 is 0 Å². The van der Waals surface area contributed by atoms with Crippen molar-refractivity contribution in [2.24, 2.45) is 0 Å². The fourth-order valence-electron chi connectivity index (χ4n) is 2.07. The summed E-state index contributed by atoms with van der Waals surface area (Å²) in [7, 11) is 0. The molecule has 4 nitrogen and oxygen atoms in total. The van der Waals surface area contributed by atoms with Gasteiger partial charge in [0.25, 0.3) is 0 Å². The highest BCUT2D eigenvalue weighted by atomic mass is 35.5. The van der Waals surface area contributed by atoms with Crippen molar-refractivity contribution in [2.45, 2.75) is 25.6 Å².